The summed E-state index contributed by atoms with van der Waals surface area (Å²) in [5.41, 5.74) is 6.47. The van der Waals surface area contributed by atoms with Crippen LogP contribution in [0, 0.1) is 10.1 Å². The van der Waals surface area contributed by atoms with Crippen molar-refractivity contribution in [2.75, 3.05) is 13.2 Å². The number of unbranched alkanes of at least 4 members (excludes halogenated alkanes) is 2. The molecule has 0 aliphatic carbocycles. The second kappa shape index (κ2) is 17.7. The number of amides is 1. The zero-order valence-electron chi connectivity index (χ0n) is 29.3. The molecule has 272 valence electrons. The van der Waals surface area contributed by atoms with E-state index in [1.54, 1.807) is 12.1 Å². The van der Waals surface area contributed by atoms with Crippen molar-refractivity contribution in [2.24, 2.45) is 0 Å². The van der Waals surface area contributed by atoms with Crippen LogP contribution >= 0.6 is 0 Å². The molecule has 0 radical (unpaired) electrons. The molecular weight excluding hydrogens is 676 g/mol. The predicted octanol–water partition coefficient (Wildman–Crippen LogP) is 6.15. The van der Waals surface area contributed by atoms with Crippen LogP contribution < -0.4 is 5.32 Å². The minimum Gasteiger partial charge on any atom is -0.464 e. The summed E-state index contributed by atoms with van der Waals surface area (Å²) in [4.78, 5) is 47.2. The SMILES string of the molecule is CCCCc1nc2cccc(C(=O)NC(Cc3ccccc3)C(=O)OCCCCO[N+](=O)[O-])c2n1Cc1ccc(-c2ccccc2-c2nn[nH]n2)cc1. The molecule has 1 amide bonds. The van der Waals surface area contributed by atoms with Gasteiger partial charge in [-0.2, -0.15) is 5.21 Å². The number of nitrogens with zero attached hydrogens (tertiary/aromatic N) is 6. The van der Waals surface area contributed by atoms with Gasteiger partial charge in [0, 0.05) is 24.9 Å². The highest BCUT2D eigenvalue weighted by Crippen LogP contribution is 2.30. The summed E-state index contributed by atoms with van der Waals surface area (Å²) in [6.07, 6.45) is 3.58. The van der Waals surface area contributed by atoms with Crippen LogP contribution in [0.2, 0.25) is 0 Å². The monoisotopic (exact) mass is 716 g/mol. The van der Waals surface area contributed by atoms with Crippen LogP contribution in [-0.2, 0) is 33.8 Å². The fourth-order valence-corrected chi connectivity index (χ4v) is 6.19. The van der Waals surface area contributed by atoms with E-state index in [1.807, 2.05) is 60.7 Å². The topological polar surface area (TPSA) is 180 Å². The standard InChI is InChI=1S/C39H40N8O6/c1-2-3-18-35-40-33-17-11-16-32(38(48)41-34(25-27-12-5-4-6-13-27)39(49)52-23-9-10-24-53-47(50)51)36(33)46(35)26-28-19-21-29(22-20-28)30-14-7-8-15-31(30)37-42-44-45-43-37/h4-8,11-17,19-22,34H,2-3,9-10,18,23-26H2,1H3,(H,41,48)(H,42,43,44,45). The Hall–Kier alpha value is -6.44. The van der Waals surface area contributed by atoms with Gasteiger partial charge in [0.1, 0.15) is 11.9 Å². The van der Waals surface area contributed by atoms with Crippen molar-refractivity contribution >= 4 is 22.9 Å². The molecule has 2 aromatic heterocycles. The average molecular weight is 717 g/mol. The van der Waals surface area contributed by atoms with Crippen LogP contribution in [0.15, 0.2) is 97.1 Å². The molecule has 0 spiro atoms. The van der Waals surface area contributed by atoms with Crippen LogP contribution in [0.3, 0.4) is 0 Å². The first-order valence-electron chi connectivity index (χ1n) is 17.6. The third kappa shape index (κ3) is 9.27. The van der Waals surface area contributed by atoms with E-state index in [2.05, 4.69) is 66.5 Å². The van der Waals surface area contributed by atoms with Crippen molar-refractivity contribution < 1.29 is 24.3 Å². The van der Waals surface area contributed by atoms with Crippen molar-refractivity contribution in [1.29, 1.82) is 0 Å². The second-order valence-electron chi connectivity index (χ2n) is 12.5. The fraction of sp³-hybridized carbons (Fsp3) is 0.282. The Labute approximate surface area is 305 Å². The van der Waals surface area contributed by atoms with E-state index in [1.165, 1.54) is 0 Å². The Morgan fingerprint density at radius 2 is 1.64 bits per heavy atom. The van der Waals surface area contributed by atoms with E-state index in [4.69, 9.17) is 9.72 Å². The molecule has 6 rings (SSSR count). The molecule has 4 aromatic carbocycles. The minimum absolute atomic E-state index is 0.0334. The Balaban J connectivity index is 1.26. The first-order chi connectivity index (χ1) is 25.9. The molecule has 2 N–H and O–H groups in total. The molecule has 14 heteroatoms. The molecule has 6 aromatic rings. The number of fused-ring (bicyclic) bond motifs is 1. The summed E-state index contributed by atoms with van der Waals surface area (Å²) in [5.74, 6) is 0.364. The summed E-state index contributed by atoms with van der Waals surface area (Å²) in [7, 11) is 0. The van der Waals surface area contributed by atoms with Gasteiger partial charge < -0.3 is 19.5 Å². The van der Waals surface area contributed by atoms with Crippen molar-refractivity contribution in [3.63, 3.8) is 0 Å². The largest absolute Gasteiger partial charge is 0.464 e. The van der Waals surface area contributed by atoms with E-state index in [9.17, 15) is 19.7 Å². The lowest BCUT2D eigenvalue weighted by molar-refractivity contribution is -0.757. The predicted molar refractivity (Wildman–Crippen MR) is 197 cm³/mol. The lowest BCUT2D eigenvalue weighted by Crippen LogP contribution is -2.43. The normalized spacial score (nSPS) is 11.6. The number of rotatable bonds is 18. The van der Waals surface area contributed by atoms with Crippen LogP contribution in [-0.4, -0.2) is 66.4 Å². The summed E-state index contributed by atoms with van der Waals surface area (Å²) in [6, 6.07) is 30.0. The quantitative estimate of drug-likeness (QED) is 0.0454. The first-order valence-corrected chi connectivity index (χ1v) is 17.6. The van der Waals surface area contributed by atoms with Gasteiger partial charge in [0.15, 0.2) is 0 Å². The number of esters is 1. The summed E-state index contributed by atoms with van der Waals surface area (Å²) in [5, 5.41) is 27.1. The van der Waals surface area contributed by atoms with Gasteiger partial charge in [-0.3, -0.25) is 4.79 Å². The molecule has 0 saturated carbocycles. The number of H-pyrrole nitrogens is 1. The highest BCUT2D eigenvalue weighted by molar-refractivity contribution is 6.06. The van der Waals surface area contributed by atoms with Gasteiger partial charge in [0.05, 0.1) is 29.8 Å². The van der Waals surface area contributed by atoms with E-state index in [0.29, 0.717) is 41.8 Å². The Kier molecular flexibility index (Phi) is 12.1. The summed E-state index contributed by atoms with van der Waals surface area (Å²) < 4.78 is 7.62. The number of benzene rings is 4. The number of imidazole rings is 1. The molecule has 1 atom stereocenters. The first kappa shape index (κ1) is 36.4. The van der Waals surface area contributed by atoms with Gasteiger partial charge in [-0.15, -0.1) is 20.3 Å². The Morgan fingerprint density at radius 3 is 2.38 bits per heavy atom. The number of aromatic amines is 1. The van der Waals surface area contributed by atoms with E-state index < -0.39 is 23.0 Å². The molecule has 1 unspecified atom stereocenters. The van der Waals surface area contributed by atoms with Gasteiger partial charge in [-0.25, -0.2) is 9.78 Å². The number of hydrogen-bond acceptors (Lipinski definition) is 10. The summed E-state index contributed by atoms with van der Waals surface area (Å²) >= 11 is 0. The lowest BCUT2D eigenvalue weighted by Gasteiger charge is -2.19. The van der Waals surface area contributed by atoms with Crippen LogP contribution in [0.5, 0.6) is 0 Å². The number of aryl methyl sites for hydroxylation is 1. The number of hydrogen-bond donors (Lipinski definition) is 2. The number of aromatic nitrogens is 6. The number of para-hydroxylation sites is 1. The maximum atomic E-state index is 14.1. The van der Waals surface area contributed by atoms with Gasteiger partial charge in [-0.05, 0) is 58.9 Å². The Bertz CT molecular complexity index is 2140. The van der Waals surface area contributed by atoms with Gasteiger partial charge in [-0.1, -0.05) is 98.3 Å². The molecule has 0 aliphatic rings. The van der Waals surface area contributed by atoms with Gasteiger partial charge >= 0.3 is 5.97 Å². The van der Waals surface area contributed by atoms with Gasteiger partial charge in [0.25, 0.3) is 11.0 Å². The lowest BCUT2D eigenvalue weighted by atomic mass is 9.98. The second-order valence-corrected chi connectivity index (χ2v) is 12.5. The zero-order chi connectivity index (χ0) is 37.0. The molecule has 0 aliphatic heterocycles. The Morgan fingerprint density at radius 1 is 0.887 bits per heavy atom. The van der Waals surface area contributed by atoms with Gasteiger partial charge in [0.2, 0.25) is 5.82 Å². The number of tetrazole rings is 1. The number of carbonyl (C=O) groups excluding carboxylic acids is 2. The summed E-state index contributed by atoms with van der Waals surface area (Å²) in [6.45, 7) is 2.55. The third-order valence-electron chi connectivity index (χ3n) is 8.82. The maximum Gasteiger partial charge on any atom is 0.328 e. The number of carbonyl (C=O) groups is 2. The van der Waals surface area contributed by atoms with E-state index in [-0.39, 0.29) is 19.6 Å². The third-order valence-corrected chi connectivity index (χ3v) is 8.82. The molecule has 14 nitrogen and oxygen atoms in total. The van der Waals surface area contributed by atoms with Crippen molar-refractivity contribution in [3.05, 3.63) is 130 Å². The average Bonchev–Trinajstić information content (AvgIpc) is 3.84. The van der Waals surface area contributed by atoms with Crippen molar-refractivity contribution in [1.82, 2.24) is 35.5 Å². The molecule has 0 saturated heterocycles. The molecular formula is C39H40N8O6. The fourth-order valence-electron chi connectivity index (χ4n) is 6.19. The van der Waals surface area contributed by atoms with E-state index >= 15 is 0 Å². The molecule has 2 heterocycles. The van der Waals surface area contributed by atoms with Crippen LogP contribution in [0.1, 0.15) is 59.9 Å². The number of nitrogens with one attached hydrogen (secondary N) is 2. The molecule has 0 bridgehead atoms. The van der Waals surface area contributed by atoms with Crippen molar-refractivity contribution in [3.8, 4) is 22.5 Å². The highest BCUT2D eigenvalue weighted by atomic mass is 16.9. The minimum atomic E-state index is -0.978. The van der Waals surface area contributed by atoms with Crippen LogP contribution in [0.25, 0.3) is 33.5 Å². The molecule has 0 fully saturated rings. The maximum absolute atomic E-state index is 14.1. The highest BCUT2D eigenvalue weighted by Gasteiger charge is 2.26. The van der Waals surface area contributed by atoms with Crippen LogP contribution in [0.4, 0.5) is 0 Å². The smallest absolute Gasteiger partial charge is 0.328 e. The molecule has 53 heavy (non-hydrogen) atoms. The zero-order valence-corrected chi connectivity index (χ0v) is 29.3. The van der Waals surface area contributed by atoms with Crippen molar-refractivity contribution in [2.45, 2.75) is 58.0 Å². The number of ether oxygens (including phenoxy) is 1. The van der Waals surface area contributed by atoms with E-state index in [0.717, 1.165) is 52.9 Å².